The summed E-state index contributed by atoms with van der Waals surface area (Å²) < 4.78 is 3.10. The molecule has 164 valence electrons. The molecule has 0 aliphatic carbocycles. The summed E-state index contributed by atoms with van der Waals surface area (Å²) in [6.07, 6.45) is 0. The van der Waals surface area contributed by atoms with Crippen LogP contribution in [-0.4, -0.2) is 31.6 Å². The van der Waals surface area contributed by atoms with Gasteiger partial charge in [0.05, 0.1) is 34.1 Å². The Bertz CT molecular complexity index is 1510. The monoisotopic (exact) mass is 571 g/mol. The molecule has 0 unspecified atom stereocenters. The van der Waals surface area contributed by atoms with Gasteiger partial charge in [-0.1, -0.05) is 41.9 Å². The molecule has 0 atom stereocenters. The number of fused-ring (bicyclic) bond motifs is 1. The number of tetrazole rings is 1. The van der Waals surface area contributed by atoms with E-state index in [1.54, 1.807) is 54.6 Å². The highest BCUT2D eigenvalue weighted by Gasteiger charge is 2.38. The molecule has 0 N–H and O–H groups in total. The molecule has 0 saturated carbocycles. The highest BCUT2D eigenvalue weighted by molar-refractivity contribution is 14.1. The molecule has 10 heteroatoms. The summed E-state index contributed by atoms with van der Waals surface area (Å²) >= 11 is 8.23. The first kappa shape index (κ1) is 21.5. The van der Waals surface area contributed by atoms with Crippen LogP contribution >= 0.6 is 34.2 Å². The summed E-state index contributed by atoms with van der Waals surface area (Å²) in [6, 6.07) is 17.4. The highest BCUT2D eigenvalue weighted by atomic mass is 127. The van der Waals surface area contributed by atoms with E-state index in [0.29, 0.717) is 27.5 Å². The van der Waals surface area contributed by atoms with Gasteiger partial charge in [-0.05, 0) is 81.4 Å². The van der Waals surface area contributed by atoms with Crippen molar-refractivity contribution in [1.29, 1.82) is 0 Å². The molecule has 0 radical (unpaired) electrons. The summed E-state index contributed by atoms with van der Waals surface area (Å²) in [5, 5.41) is 8.28. The molecule has 0 fully saturated rings. The van der Waals surface area contributed by atoms with Crippen LogP contribution < -0.4 is 10.6 Å². The number of nitrogens with zero attached hydrogens (tertiary/aromatic N) is 5. The molecular weight excluding hydrogens is 557 g/mol. The van der Waals surface area contributed by atoms with Gasteiger partial charge in [0.2, 0.25) is 0 Å². The van der Waals surface area contributed by atoms with Gasteiger partial charge in [0.15, 0.2) is 0 Å². The minimum atomic E-state index is -0.431. The average molecular weight is 572 g/mol. The van der Waals surface area contributed by atoms with Gasteiger partial charge in [0.25, 0.3) is 11.8 Å². The van der Waals surface area contributed by atoms with E-state index in [4.69, 9.17) is 11.6 Å². The fourth-order valence-corrected chi connectivity index (χ4v) is 4.80. The van der Waals surface area contributed by atoms with Crippen LogP contribution in [0.3, 0.4) is 0 Å². The zero-order valence-electron chi connectivity index (χ0n) is 17.2. The van der Waals surface area contributed by atoms with E-state index in [-0.39, 0.29) is 18.4 Å². The average Bonchev–Trinajstić information content (AvgIpc) is 3.27. The van der Waals surface area contributed by atoms with Crippen LogP contribution in [0.2, 0.25) is 5.02 Å². The van der Waals surface area contributed by atoms with Gasteiger partial charge in [-0.2, -0.15) is 9.36 Å². The number of rotatable bonds is 4. The molecule has 5 rings (SSSR count). The van der Waals surface area contributed by atoms with Crippen molar-refractivity contribution in [3.05, 3.63) is 102 Å². The van der Waals surface area contributed by atoms with Gasteiger partial charge >= 0.3 is 5.69 Å². The van der Waals surface area contributed by atoms with Gasteiger partial charge < -0.3 is 0 Å². The molecule has 1 aliphatic rings. The Kier molecular flexibility index (Phi) is 5.37. The summed E-state index contributed by atoms with van der Waals surface area (Å²) in [4.78, 5) is 39.9. The SMILES string of the molecule is Cc1cc(Cn2nnn(-c3ccccc3Cl)c2=O)ccc1N1C(=O)c2cccc(I)c2C1=O. The van der Waals surface area contributed by atoms with Gasteiger partial charge in [0.1, 0.15) is 0 Å². The van der Waals surface area contributed by atoms with Gasteiger partial charge in [0, 0.05) is 3.57 Å². The Morgan fingerprint density at radius 3 is 2.42 bits per heavy atom. The first-order valence-electron chi connectivity index (χ1n) is 9.91. The van der Waals surface area contributed by atoms with Crippen LogP contribution in [-0.2, 0) is 6.54 Å². The molecule has 3 aromatic carbocycles. The van der Waals surface area contributed by atoms with E-state index in [1.807, 2.05) is 13.0 Å². The number of benzene rings is 3. The Labute approximate surface area is 206 Å². The van der Waals surface area contributed by atoms with Crippen LogP contribution in [0.25, 0.3) is 5.69 Å². The molecule has 0 bridgehead atoms. The van der Waals surface area contributed by atoms with Crippen molar-refractivity contribution >= 4 is 51.7 Å². The lowest BCUT2D eigenvalue weighted by Crippen LogP contribution is -2.30. The number of aromatic nitrogens is 4. The number of carbonyl (C=O) groups is 2. The van der Waals surface area contributed by atoms with Crippen LogP contribution in [0.1, 0.15) is 31.8 Å². The normalized spacial score (nSPS) is 13.0. The van der Waals surface area contributed by atoms with Gasteiger partial charge in [-0.3, -0.25) is 9.59 Å². The van der Waals surface area contributed by atoms with Gasteiger partial charge in [-0.25, -0.2) is 9.69 Å². The third-order valence-electron chi connectivity index (χ3n) is 5.42. The van der Waals surface area contributed by atoms with E-state index < -0.39 is 5.69 Å². The molecule has 33 heavy (non-hydrogen) atoms. The minimum Gasteiger partial charge on any atom is -0.268 e. The van der Waals surface area contributed by atoms with Crippen molar-refractivity contribution in [2.45, 2.75) is 13.5 Å². The number of anilines is 1. The second-order valence-corrected chi connectivity index (χ2v) is 9.08. The summed E-state index contributed by atoms with van der Waals surface area (Å²) in [7, 11) is 0. The Morgan fingerprint density at radius 1 is 0.909 bits per heavy atom. The number of hydrogen-bond acceptors (Lipinski definition) is 5. The standard InChI is InChI=1S/C23H15ClIN5O3/c1-13-11-14(12-28-23(33)30(27-26-28)19-8-3-2-6-16(19)24)9-10-18(13)29-21(31)15-5-4-7-17(25)20(15)22(29)32/h2-11H,12H2,1H3. The number of para-hydroxylation sites is 1. The lowest BCUT2D eigenvalue weighted by molar-refractivity contribution is 0.0925. The first-order valence-corrected chi connectivity index (χ1v) is 11.4. The quantitative estimate of drug-likeness (QED) is 0.274. The number of imide groups is 1. The Hall–Kier alpha value is -3.31. The first-order chi connectivity index (χ1) is 15.9. The number of hydrogen-bond donors (Lipinski definition) is 0. The second kappa shape index (κ2) is 8.23. The largest absolute Gasteiger partial charge is 0.368 e. The fraction of sp³-hybridized carbons (Fsp3) is 0.0870. The molecule has 8 nitrogen and oxygen atoms in total. The maximum atomic E-state index is 13.0. The van der Waals surface area contributed by atoms with E-state index in [2.05, 4.69) is 33.0 Å². The predicted octanol–water partition coefficient (Wildman–Crippen LogP) is 3.84. The van der Waals surface area contributed by atoms with Crippen molar-refractivity contribution in [1.82, 2.24) is 19.8 Å². The number of aryl methyl sites for hydroxylation is 1. The highest BCUT2D eigenvalue weighted by Crippen LogP contribution is 2.33. The Morgan fingerprint density at radius 2 is 1.70 bits per heavy atom. The molecule has 1 aliphatic heterocycles. The predicted molar refractivity (Wildman–Crippen MR) is 131 cm³/mol. The summed E-state index contributed by atoms with van der Waals surface area (Å²) in [5.41, 5.74) is 2.85. The number of halogens is 2. The fourth-order valence-electron chi connectivity index (χ4n) is 3.85. The maximum Gasteiger partial charge on any atom is 0.368 e. The van der Waals surface area contributed by atoms with Crippen molar-refractivity contribution in [2.24, 2.45) is 0 Å². The van der Waals surface area contributed by atoms with Crippen LogP contribution in [0, 0.1) is 10.5 Å². The number of carbonyl (C=O) groups excluding carboxylic acids is 2. The van der Waals surface area contributed by atoms with E-state index in [9.17, 15) is 14.4 Å². The van der Waals surface area contributed by atoms with Crippen molar-refractivity contribution < 1.29 is 9.59 Å². The zero-order valence-corrected chi connectivity index (χ0v) is 20.1. The van der Waals surface area contributed by atoms with E-state index >= 15 is 0 Å². The summed E-state index contributed by atoms with van der Waals surface area (Å²) in [6.45, 7) is 1.99. The molecule has 2 heterocycles. The molecule has 0 spiro atoms. The molecule has 0 saturated heterocycles. The smallest absolute Gasteiger partial charge is 0.268 e. The maximum absolute atomic E-state index is 13.0. The topological polar surface area (TPSA) is 90.1 Å². The van der Waals surface area contributed by atoms with Crippen LogP contribution in [0.15, 0.2) is 65.5 Å². The number of amides is 2. The lowest BCUT2D eigenvalue weighted by Gasteiger charge is -2.17. The summed E-state index contributed by atoms with van der Waals surface area (Å²) in [5.74, 6) is -0.682. The molecule has 2 amide bonds. The Balaban J connectivity index is 1.44. The van der Waals surface area contributed by atoms with E-state index in [0.717, 1.165) is 19.4 Å². The molecule has 1 aromatic heterocycles. The molecular formula is C23H15ClIN5O3. The third kappa shape index (κ3) is 3.57. The van der Waals surface area contributed by atoms with Crippen molar-refractivity contribution in [3.63, 3.8) is 0 Å². The van der Waals surface area contributed by atoms with E-state index in [1.165, 1.54) is 9.58 Å². The lowest BCUT2D eigenvalue weighted by atomic mass is 10.1. The van der Waals surface area contributed by atoms with Crippen LogP contribution in [0.4, 0.5) is 5.69 Å². The van der Waals surface area contributed by atoms with Gasteiger partial charge in [-0.15, -0.1) is 0 Å². The van der Waals surface area contributed by atoms with Crippen molar-refractivity contribution in [3.8, 4) is 5.69 Å². The second-order valence-electron chi connectivity index (χ2n) is 7.51. The zero-order chi connectivity index (χ0) is 23.3. The van der Waals surface area contributed by atoms with Crippen LogP contribution in [0.5, 0.6) is 0 Å². The van der Waals surface area contributed by atoms with Crippen molar-refractivity contribution in [2.75, 3.05) is 4.90 Å². The third-order valence-corrected chi connectivity index (χ3v) is 6.64. The molecule has 4 aromatic rings. The minimum absolute atomic E-state index is 0.171.